The summed E-state index contributed by atoms with van der Waals surface area (Å²) < 4.78 is 0. The molecule has 1 unspecified atom stereocenters. The van der Waals surface area contributed by atoms with Gasteiger partial charge in [-0.1, -0.05) is 19.9 Å². The van der Waals surface area contributed by atoms with E-state index in [-0.39, 0.29) is 11.4 Å². The molecule has 1 aromatic heterocycles. The Hall–Kier alpha value is -1.81. The SMILES string of the molecule is CC(C)CC(C)(CN)NC(=O)c1ccc2cc[nH]c2c1. The smallest absolute Gasteiger partial charge is 0.251 e. The summed E-state index contributed by atoms with van der Waals surface area (Å²) in [5.74, 6) is 0.407. The molecule has 0 saturated heterocycles. The minimum atomic E-state index is -0.365. The van der Waals surface area contributed by atoms with Gasteiger partial charge in [0.25, 0.3) is 5.91 Å². The maximum Gasteiger partial charge on any atom is 0.251 e. The molecule has 4 nitrogen and oxygen atoms in total. The summed E-state index contributed by atoms with van der Waals surface area (Å²) in [4.78, 5) is 15.5. The van der Waals surface area contributed by atoms with Gasteiger partial charge in [0.1, 0.15) is 0 Å². The summed E-state index contributed by atoms with van der Waals surface area (Å²) in [5, 5.41) is 4.17. The van der Waals surface area contributed by atoms with Crippen molar-refractivity contribution in [3.05, 3.63) is 36.0 Å². The van der Waals surface area contributed by atoms with Crippen molar-refractivity contribution in [1.82, 2.24) is 10.3 Å². The molecule has 1 atom stereocenters. The van der Waals surface area contributed by atoms with E-state index in [4.69, 9.17) is 5.73 Å². The minimum absolute atomic E-state index is 0.0740. The van der Waals surface area contributed by atoms with Crippen molar-refractivity contribution in [3.63, 3.8) is 0 Å². The van der Waals surface area contributed by atoms with Crippen LogP contribution in [0.15, 0.2) is 30.5 Å². The largest absolute Gasteiger partial charge is 0.361 e. The molecular formula is C16H23N3O. The molecule has 0 aliphatic rings. The summed E-state index contributed by atoms with van der Waals surface area (Å²) >= 11 is 0. The van der Waals surface area contributed by atoms with Crippen molar-refractivity contribution in [2.45, 2.75) is 32.7 Å². The second-order valence-electron chi connectivity index (χ2n) is 6.10. The zero-order valence-corrected chi connectivity index (χ0v) is 12.4. The summed E-state index contributed by atoms with van der Waals surface area (Å²) in [5.41, 5.74) is 7.09. The monoisotopic (exact) mass is 273 g/mol. The molecule has 4 N–H and O–H groups in total. The van der Waals surface area contributed by atoms with Crippen molar-refractivity contribution in [1.29, 1.82) is 0 Å². The molecule has 0 aliphatic heterocycles. The van der Waals surface area contributed by atoms with E-state index in [2.05, 4.69) is 24.1 Å². The predicted molar refractivity (Wildman–Crippen MR) is 82.7 cm³/mol. The lowest BCUT2D eigenvalue weighted by Crippen LogP contribution is -2.52. The molecule has 108 valence electrons. The van der Waals surface area contributed by atoms with Crippen LogP contribution in [-0.4, -0.2) is 23.0 Å². The Bertz CT molecular complexity index is 603. The van der Waals surface area contributed by atoms with Crippen LogP contribution in [0.2, 0.25) is 0 Å². The summed E-state index contributed by atoms with van der Waals surface area (Å²) in [6.45, 7) is 6.69. The van der Waals surface area contributed by atoms with Gasteiger partial charge in [-0.2, -0.15) is 0 Å². The highest BCUT2D eigenvalue weighted by atomic mass is 16.1. The van der Waals surface area contributed by atoms with Gasteiger partial charge in [-0.15, -0.1) is 0 Å². The van der Waals surface area contributed by atoms with Crippen LogP contribution in [0, 0.1) is 5.92 Å². The molecule has 0 saturated carbocycles. The van der Waals surface area contributed by atoms with Gasteiger partial charge in [-0.05, 0) is 42.8 Å². The van der Waals surface area contributed by atoms with Crippen LogP contribution in [0.5, 0.6) is 0 Å². The lowest BCUT2D eigenvalue weighted by molar-refractivity contribution is 0.0898. The van der Waals surface area contributed by atoms with E-state index >= 15 is 0 Å². The van der Waals surface area contributed by atoms with Gasteiger partial charge in [0.15, 0.2) is 0 Å². The highest BCUT2D eigenvalue weighted by Crippen LogP contribution is 2.18. The van der Waals surface area contributed by atoms with Gasteiger partial charge in [-0.3, -0.25) is 4.79 Å². The maximum absolute atomic E-state index is 12.4. The van der Waals surface area contributed by atoms with E-state index in [1.807, 2.05) is 37.4 Å². The topological polar surface area (TPSA) is 70.9 Å². The first-order chi connectivity index (χ1) is 9.43. The van der Waals surface area contributed by atoms with Crippen LogP contribution in [0.1, 0.15) is 37.6 Å². The number of aromatic nitrogens is 1. The van der Waals surface area contributed by atoms with Crippen LogP contribution in [0.25, 0.3) is 10.9 Å². The average Bonchev–Trinajstić information content (AvgIpc) is 2.84. The second-order valence-corrected chi connectivity index (χ2v) is 6.10. The highest BCUT2D eigenvalue weighted by molar-refractivity contribution is 5.98. The van der Waals surface area contributed by atoms with Crippen LogP contribution in [-0.2, 0) is 0 Å². The molecule has 0 spiro atoms. The fraction of sp³-hybridized carbons (Fsp3) is 0.438. The first-order valence-electron chi connectivity index (χ1n) is 7.03. The molecule has 20 heavy (non-hydrogen) atoms. The van der Waals surface area contributed by atoms with E-state index < -0.39 is 0 Å². The Kier molecular flexibility index (Phi) is 4.14. The molecular weight excluding hydrogens is 250 g/mol. The van der Waals surface area contributed by atoms with Crippen LogP contribution in [0.4, 0.5) is 0 Å². The zero-order valence-electron chi connectivity index (χ0n) is 12.4. The molecule has 2 aromatic rings. The molecule has 1 amide bonds. The number of aromatic amines is 1. The molecule has 0 radical (unpaired) electrons. The molecule has 4 heteroatoms. The number of fused-ring (bicyclic) bond motifs is 1. The fourth-order valence-corrected chi connectivity index (χ4v) is 2.62. The number of amides is 1. The van der Waals surface area contributed by atoms with Gasteiger partial charge in [0.2, 0.25) is 0 Å². The van der Waals surface area contributed by atoms with Gasteiger partial charge in [0.05, 0.1) is 0 Å². The third-order valence-electron chi connectivity index (χ3n) is 3.54. The molecule has 1 heterocycles. The van der Waals surface area contributed by atoms with E-state index in [0.717, 1.165) is 17.3 Å². The number of hydrogen-bond acceptors (Lipinski definition) is 2. The van der Waals surface area contributed by atoms with Gasteiger partial charge >= 0.3 is 0 Å². The average molecular weight is 273 g/mol. The summed E-state index contributed by atoms with van der Waals surface area (Å²) in [6.07, 6.45) is 2.73. The first kappa shape index (κ1) is 14.6. The third-order valence-corrected chi connectivity index (χ3v) is 3.54. The number of rotatable bonds is 5. The van der Waals surface area contributed by atoms with E-state index in [1.54, 1.807) is 0 Å². The van der Waals surface area contributed by atoms with Crippen LogP contribution in [0.3, 0.4) is 0 Å². The van der Waals surface area contributed by atoms with Gasteiger partial charge < -0.3 is 16.0 Å². The van der Waals surface area contributed by atoms with Crippen molar-refractivity contribution >= 4 is 16.8 Å². The lowest BCUT2D eigenvalue weighted by atomic mass is 9.90. The van der Waals surface area contributed by atoms with E-state index in [0.29, 0.717) is 18.0 Å². The number of nitrogens with one attached hydrogen (secondary N) is 2. The van der Waals surface area contributed by atoms with Crippen molar-refractivity contribution in [3.8, 4) is 0 Å². The number of benzene rings is 1. The Morgan fingerprint density at radius 3 is 2.80 bits per heavy atom. The summed E-state index contributed by atoms with van der Waals surface area (Å²) in [7, 11) is 0. The number of H-pyrrole nitrogens is 1. The van der Waals surface area contributed by atoms with Crippen molar-refractivity contribution in [2.75, 3.05) is 6.54 Å². The van der Waals surface area contributed by atoms with E-state index in [9.17, 15) is 4.79 Å². The Labute approximate surface area is 119 Å². The maximum atomic E-state index is 12.4. The van der Waals surface area contributed by atoms with Gasteiger partial charge in [-0.25, -0.2) is 0 Å². The zero-order chi connectivity index (χ0) is 14.8. The van der Waals surface area contributed by atoms with Crippen LogP contribution < -0.4 is 11.1 Å². The van der Waals surface area contributed by atoms with Gasteiger partial charge in [0, 0.05) is 29.4 Å². The predicted octanol–water partition coefficient (Wildman–Crippen LogP) is 2.66. The highest BCUT2D eigenvalue weighted by Gasteiger charge is 2.26. The lowest BCUT2D eigenvalue weighted by Gasteiger charge is -2.31. The number of carbonyl (C=O) groups excluding carboxylic acids is 1. The minimum Gasteiger partial charge on any atom is -0.361 e. The quantitative estimate of drug-likeness (QED) is 0.783. The molecule has 0 aliphatic carbocycles. The van der Waals surface area contributed by atoms with E-state index in [1.165, 1.54) is 0 Å². The Morgan fingerprint density at radius 1 is 1.40 bits per heavy atom. The number of nitrogens with two attached hydrogens (primary N) is 1. The fourth-order valence-electron chi connectivity index (χ4n) is 2.62. The van der Waals surface area contributed by atoms with Crippen molar-refractivity contribution in [2.24, 2.45) is 11.7 Å². The second kappa shape index (κ2) is 5.67. The number of hydrogen-bond donors (Lipinski definition) is 3. The number of carbonyl (C=O) groups is 1. The molecule has 0 bridgehead atoms. The standard InChI is InChI=1S/C16H23N3O/c1-11(2)9-16(3,10-17)19-15(20)13-5-4-12-6-7-18-14(12)8-13/h4-8,11,18H,9-10,17H2,1-3H3,(H,19,20). The third kappa shape index (κ3) is 3.20. The first-order valence-corrected chi connectivity index (χ1v) is 7.03. The molecule has 2 rings (SSSR count). The van der Waals surface area contributed by atoms with Crippen LogP contribution >= 0.6 is 0 Å². The Morgan fingerprint density at radius 2 is 2.15 bits per heavy atom. The molecule has 0 fully saturated rings. The molecule has 1 aromatic carbocycles. The Balaban J connectivity index is 2.17. The van der Waals surface area contributed by atoms with Crippen molar-refractivity contribution < 1.29 is 4.79 Å². The summed E-state index contributed by atoms with van der Waals surface area (Å²) in [6, 6.07) is 7.65. The normalized spacial score (nSPS) is 14.4.